The number of alkyl halides is 1. The predicted molar refractivity (Wildman–Crippen MR) is 141 cm³/mol. The van der Waals surface area contributed by atoms with Gasteiger partial charge in [-0.05, 0) is 37.8 Å². The average Bonchev–Trinajstić information content (AvgIpc) is 3.24. The Morgan fingerprint density at radius 1 is 1.20 bits per heavy atom. The molecule has 2 fully saturated rings. The first kappa shape index (κ1) is 24.9. The summed E-state index contributed by atoms with van der Waals surface area (Å²) in [6, 6.07) is 5.78. The molecule has 186 valence electrons. The second kappa shape index (κ2) is 11.0. The van der Waals surface area contributed by atoms with Gasteiger partial charge in [-0.3, -0.25) is 9.78 Å². The fourth-order valence-electron chi connectivity index (χ4n) is 4.13. The maximum Gasteiger partial charge on any atom is 0.317 e. The summed E-state index contributed by atoms with van der Waals surface area (Å²) >= 11 is 2.09. The maximum atomic E-state index is 12.7. The summed E-state index contributed by atoms with van der Waals surface area (Å²) in [6.07, 6.45) is 4.91. The van der Waals surface area contributed by atoms with Crippen molar-refractivity contribution in [2.75, 3.05) is 37.6 Å². The third-order valence-electron chi connectivity index (χ3n) is 6.17. The fraction of sp³-hybridized carbons (Fsp3) is 0.455. The second-order valence-electron chi connectivity index (χ2n) is 8.59. The first-order valence-electron chi connectivity index (χ1n) is 11.4. The van der Waals surface area contributed by atoms with Crippen LogP contribution in [0.3, 0.4) is 0 Å². The minimum absolute atomic E-state index is 0.0162. The Bertz CT molecular complexity index is 1100. The number of hydrogen-bond donors (Lipinski definition) is 5. The molecule has 7 N–H and O–H groups in total. The van der Waals surface area contributed by atoms with Gasteiger partial charge in [0.25, 0.3) is 0 Å². The van der Waals surface area contributed by atoms with E-state index in [-0.39, 0.29) is 28.9 Å². The van der Waals surface area contributed by atoms with Crippen molar-refractivity contribution in [3.63, 3.8) is 0 Å². The van der Waals surface area contributed by atoms with Crippen LogP contribution in [0.25, 0.3) is 0 Å². The zero-order valence-electron chi connectivity index (χ0n) is 19.3. The second-order valence-corrected chi connectivity index (χ2v) is 9.35. The summed E-state index contributed by atoms with van der Waals surface area (Å²) in [7, 11) is 0. The van der Waals surface area contributed by atoms with Crippen molar-refractivity contribution in [1.82, 2.24) is 35.8 Å². The summed E-state index contributed by atoms with van der Waals surface area (Å²) in [6.45, 7) is 2.43. The van der Waals surface area contributed by atoms with Gasteiger partial charge in [0.1, 0.15) is 5.82 Å². The Kier molecular flexibility index (Phi) is 7.83. The van der Waals surface area contributed by atoms with E-state index in [1.165, 1.54) is 0 Å². The number of hydrogen-bond acceptors (Lipinski definition) is 7. The van der Waals surface area contributed by atoms with E-state index in [0.29, 0.717) is 42.3 Å². The Morgan fingerprint density at radius 3 is 2.71 bits per heavy atom. The summed E-state index contributed by atoms with van der Waals surface area (Å²) in [5.74, 6) is -0.0502. The Hall–Kier alpha value is -3.23. The van der Waals surface area contributed by atoms with Crippen molar-refractivity contribution in [2.24, 2.45) is 4.99 Å². The number of halogens is 1. The van der Waals surface area contributed by atoms with Crippen molar-refractivity contribution < 1.29 is 9.59 Å². The van der Waals surface area contributed by atoms with Gasteiger partial charge in [-0.15, -0.1) is 0 Å². The number of aliphatic imine (C=N–C) groups is 1. The lowest BCUT2D eigenvalue weighted by atomic mass is 9.89. The standard InChI is InChI=1S/C22H29IN10O2/c23-12-15-17(24)30-18(25)16(29-15)19(34)31-20-28-13-22(32-20)6-10-33(11-7-22)21(35)27-9-3-5-14-4-1-2-8-26-14/h1-2,4,8H,3,5-7,9-13H2,(H,27,35)(H4,24,25,30)(H2,28,31,32,34). The number of carbonyl (C=O) groups excluding carboxylic acids is 2. The van der Waals surface area contributed by atoms with Gasteiger partial charge in [0.2, 0.25) is 0 Å². The van der Waals surface area contributed by atoms with Gasteiger partial charge < -0.3 is 32.3 Å². The smallest absolute Gasteiger partial charge is 0.317 e. The number of nitrogen functional groups attached to an aromatic ring is 2. The Balaban J connectivity index is 1.26. The van der Waals surface area contributed by atoms with Crippen molar-refractivity contribution in [3.05, 3.63) is 41.5 Å². The molecule has 0 saturated carbocycles. The van der Waals surface area contributed by atoms with Crippen LogP contribution in [0.5, 0.6) is 0 Å². The molecule has 12 nitrogen and oxygen atoms in total. The van der Waals surface area contributed by atoms with E-state index in [0.717, 1.165) is 31.4 Å². The molecule has 0 unspecified atom stereocenters. The molecule has 2 aliphatic rings. The molecule has 0 aliphatic carbocycles. The monoisotopic (exact) mass is 592 g/mol. The van der Waals surface area contributed by atoms with Crippen LogP contribution in [-0.2, 0) is 10.8 Å². The lowest BCUT2D eigenvalue weighted by Crippen LogP contribution is -2.55. The Labute approximate surface area is 216 Å². The molecule has 2 aromatic rings. The number of nitrogens with one attached hydrogen (secondary N) is 3. The minimum atomic E-state index is -0.587. The van der Waals surface area contributed by atoms with Gasteiger partial charge in [0.15, 0.2) is 17.5 Å². The third kappa shape index (κ3) is 6.07. The van der Waals surface area contributed by atoms with Gasteiger partial charge >= 0.3 is 11.9 Å². The Morgan fingerprint density at radius 2 is 2.00 bits per heavy atom. The molecule has 35 heavy (non-hydrogen) atoms. The number of amides is 3. The van der Waals surface area contributed by atoms with Gasteiger partial charge in [-0.2, -0.15) is 4.99 Å². The van der Waals surface area contributed by atoms with Crippen molar-refractivity contribution in [2.45, 2.75) is 35.6 Å². The van der Waals surface area contributed by atoms with E-state index in [1.807, 2.05) is 23.1 Å². The lowest BCUT2D eigenvalue weighted by Gasteiger charge is -2.38. The number of rotatable bonds is 6. The van der Waals surface area contributed by atoms with Crippen LogP contribution in [0.15, 0.2) is 29.4 Å². The van der Waals surface area contributed by atoms with Crippen LogP contribution in [0.4, 0.5) is 16.4 Å². The van der Waals surface area contributed by atoms with E-state index in [1.54, 1.807) is 6.20 Å². The number of carbonyl (C=O) groups is 2. The van der Waals surface area contributed by atoms with Crippen LogP contribution in [0.1, 0.15) is 41.1 Å². The molecule has 0 bridgehead atoms. The van der Waals surface area contributed by atoms with E-state index < -0.39 is 5.91 Å². The van der Waals surface area contributed by atoms with E-state index in [9.17, 15) is 9.59 Å². The third-order valence-corrected chi connectivity index (χ3v) is 6.89. The van der Waals surface area contributed by atoms with Crippen LogP contribution < -0.4 is 27.4 Å². The number of likely N-dealkylation sites (tertiary alicyclic amines) is 1. The van der Waals surface area contributed by atoms with E-state index in [2.05, 4.69) is 58.5 Å². The molecule has 2 saturated heterocycles. The number of nitrogens with zero attached hydrogens (tertiary/aromatic N) is 5. The molecular formula is C22H29IN10O2. The van der Waals surface area contributed by atoms with Crippen molar-refractivity contribution >= 4 is 52.1 Å². The molecule has 4 heterocycles. The van der Waals surface area contributed by atoms with Gasteiger partial charge in [-0.25, -0.2) is 14.8 Å². The molecule has 2 aromatic heterocycles. The van der Waals surface area contributed by atoms with Gasteiger partial charge in [-0.1, -0.05) is 28.7 Å². The summed E-state index contributed by atoms with van der Waals surface area (Å²) < 4.78 is 0.502. The summed E-state index contributed by atoms with van der Waals surface area (Å²) in [5, 5.41) is 9.48. The molecule has 2 aliphatic heterocycles. The fourth-order valence-corrected chi connectivity index (χ4v) is 4.69. The highest BCUT2D eigenvalue weighted by Crippen LogP contribution is 2.25. The highest BCUT2D eigenvalue weighted by molar-refractivity contribution is 14.1. The quantitative estimate of drug-likeness (QED) is 0.185. The van der Waals surface area contributed by atoms with E-state index in [4.69, 9.17) is 11.5 Å². The largest absolute Gasteiger partial charge is 0.382 e. The normalized spacial score (nSPS) is 17.7. The van der Waals surface area contributed by atoms with Crippen LogP contribution in [-0.4, -0.2) is 69.5 Å². The molecule has 13 heteroatoms. The van der Waals surface area contributed by atoms with Crippen LogP contribution >= 0.6 is 22.6 Å². The highest BCUT2D eigenvalue weighted by Gasteiger charge is 2.40. The van der Waals surface area contributed by atoms with Crippen molar-refractivity contribution in [3.8, 4) is 0 Å². The number of guanidine groups is 1. The zero-order chi connectivity index (χ0) is 24.8. The van der Waals surface area contributed by atoms with Crippen molar-refractivity contribution in [1.29, 1.82) is 0 Å². The molecule has 0 atom stereocenters. The van der Waals surface area contributed by atoms with Gasteiger partial charge in [0, 0.05) is 42.5 Å². The zero-order valence-corrected chi connectivity index (χ0v) is 21.4. The molecule has 0 aromatic carbocycles. The number of urea groups is 1. The highest BCUT2D eigenvalue weighted by atomic mass is 127. The lowest BCUT2D eigenvalue weighted by molar-refractivity contribution is 0.0998. The minimum Gasteiger partial charge on any atom is -0.382 e. The number of anilines is 2. The number of aromatic nitrogens is 3. The molecule has 0 radical (unpaired) electrons. The topological polar surface area (TPSA) is 177 Å². The maximum absolute atomic E-state index is 12.7. The summed E-state index contributed by atoms with van der Waals surface area (Å²) in [4.78, 5) is 43.7. The number of nitrogens with two attached hydrogens (primary N) is 2. The predicted octanol–water partition coefficient (Wildman–Crippen LogP) is 0.837. The molecular weight excluding hydrogens is 563 g/mol. The first-order chi connectivity index (χ1) is 16.9. The molecule has 1 spiro atoms. The van der Waals surface area contributed by atoms with Crippen LogP contribution in [0, 0.1) is 0 Å². The number of aryl methyl sites for hydroxylation is 1. The average molecular weight is 592 g/mol. The SMILES string of the molecule is Nc1nc(N)c(C(=O)/N=C2\NCC3(CCN(C(=O)NCCCc4ccccn4)CC3)N2)nc1CI. The first-order valence-corrected chi connectivity index (χ1v) is 13.0. The summed E-state index contributed by atoms with van der Waals surface area (Å²) in [5.41, 5.74) is 12.9. The van der Waals surface area contributed by atoms with Crippen LogP contribution in [0.2, 0.25) is 0 Å². The van der Waals surface area contributed by atoms with E-state index >= 15 is 0 Å². The van der Waals surface area contributed by atoms with Gasteiger partial charge in [0.05, 0.1) is 11.2 Å². The number of piperidine rings is 1. The number of pyridine rings is 1. The molecule has 4 rings (SSSR count). The molecule has 3 amide bonds.